The number of nitrogens with two attached hydrogens (primary N) is 1. The van der Waals surface area contributed by atoms with Gasteiger partial charge < -0.3 is 5.32 Å². The first-order chi connectivity index (χ1) is 11.4. The first kappa shape index (κ1) is 16.6. The Morgan fingerprint density at radius 1 is 1.04 bits per heavy atom. The summed E-state index contributed by atoms with van der Waals surface area (Å²) in [5.74, 6) is -0.115. The van der Waals surface area contributed by atoms with Crippen LogP contribution in [0, 0.1) is 0 Å². The van der Waals surface area contributed by atoms with Gasteiger partial charge in [0.05, 0.1) is 13.0 Å². The van der Waals surface area contributed by atoms with E-state index >= 15 is 0 Å². The SMILES string of the molecule is NS(=O)(=O)c1ccc(CNC(=O)Cc2ccc3ccccc3c2)s1. The second kappa shape index (κ2) is 6.72. The second-order valence-electron chi connectivity index (χ2n) is 5.40. The molecule has 0 unspecified atom stereocenters. The minimum absolute atomic E-state index is 0.0984. The van der Waals surface area contributed by atoms with Crippen molar-refractivity contribution in [3.05, 3.63) is 65.0 Å². The third-order valence-electron chi connectivity index (χ3n) is 3.56. The number of rotatable bonds is 5. The van der Waals surface area contributed by atoms with Gasteiger partial charge in [-0.1, -0.05) is 42.5 Å². The number of carbonyl (C=O) groups is 1. The molecule has 3 aromatic rings. The lowest BCUT2D eigenvalue weighted by Gasteiger charge is -2.05. The Labute approximate surface area is 144 Å². The summed E-state index contributed by atoms with van der Waals surface area (Å²) in [6, 6.07) is 17.0. The fraction of sp³-hybridized carbons (Fsp3) is 0.118. The van der Waals surface area contributed by atoms with Gasteiger partial charge in [-0.2, -0.15) is 0 Å². The van der Waals surface area contributed by atoms with Crippen molar-refractivity contribution in [1.29, 1.82) is 0 Å². The van der Waals surface area contributed by atoms with Crippen molar-refractivity contribution in [3.63, 3.8) is 0 Å². The van der Waals surface area contributed by atoms with Gasteiger partial charge in [-0.15, -0.1) is 11.3 Å². The molecular weight excluding hydrogens is 344 g/mol. The van der Waals surface area contributed by atoms with Crippen LogP contribution in [-0.4, -0.2) is 14.3 Å². The molecule has 3 rings (SSSR count). The molecule has 124 valence electrons. The van der Waals surface area contributed by atoms with Crippen LogP contribution in [0.5, 0.6) is 0 Å². The molecule has 1 heterocycles. The van der Waals surface area contributed by atoms with Crippen molar-refractivity contribution >= 4 is 38.0 Å². The minimum atomic E-state index is -3.68. The molecule has 2 aromatic carbocycles. The molecule has 0 radical (unpaired) electrons. The number of amides is 1. The number of thiophene rings is 1. The number of hydrogen-bond donors (Lipinski definition) is 2. The molecule has 0 saturated carbocycles. The zero-order valence-electron chi connectivity index (χ0n) is 12.7. The van der Waals surface area contributed by atoms with Gasteiger partial charge in [0.15, 0.2) is 0 Å². The lowest BCUT2D eigenvalue weighted by atomic mass is 10.0. The average Bonchev–Trinajstić information content (AvgIpc) is 3.02. The Hall–Kier alpha value is -2.22. The summed E-state index contributed by atoms with van der Waals surface area (Å²) in [6.07, 6.45) is 0.276. The molecule has 0 aliphatic rings. The zero-order chi connectivity index (χ0) is 17.2. The maximum Gasteiger partial charge on any atom is 0.247 e. The number of nitrogens with one attached hydrogen (secondary N) is 1. The van der Waals surface area contributed by atoms with Crippen LogP contribution in [-0.2, 0) is 27.8 Å². The number of sulfonamides is 1. The van der Waals surface area contributed by atoms with Gasteiger partial charge in [-0.05, 0) is 28.5 Å². The maximum absolute atomic E-state index is 12.1. The van der Waals surface area contributed by atoms with Crippen molar-refractivity contribution < 1.29 is 13.2 Å². The summed E-state index contributed by atoms with van der Waals surface area (Å²) >= 11 is 1.06. The average molecular weight is 360 g/mol. The van der Waals surface area contributed by atoms with E-state index in [4.69, 9.17) is 5.14 Å². The third kappa shape index (κ3) is 4.00. The van der Waals surface area contributed by atoms with Gasteiger partial charge in [0.25, 0.3) is 0 Å². The van der Waals surface area contributed by atoms with Gasteiger partial charge in [-0.3, -0.25) is 4.79 Å². The van der Waals surface area contributed by atoms with E-state index in [1.165, 1.54) is 6.07 Å². The highest BCUT2D eigenvalue weighted by Gasteiger charge is 2.12. The molecule has 0 fully saturated rings. The Bertz CT molecular complexity index is 994. The first-order valence-electron chi connectivity index (χ1n) is 7.28. The van der Waals surface area contributed by atoms with Gasteiger partial charge in [-0.25, -0.2) is 13.6 Å². The molecule has 3 N–H and O–H groups in total. The minimum Gasteiger partial charge on any atom is -0.351 e. The van der Waals surface area contributed by atoms with Crippen LogP contribution >= 0.6 is 11.3 Å². The molecule has 24 heavy (non-hydrogen) atoms. The number of hydrogen-bond acceptors (Lipinski definition) is 4. The topological polar surface area (TPSA) is 89.3 Å². The van der Waals surface area contributed by atoms with E-state index in [1.807, 2.05) is 42.5 Å². The van der Waals surface area contributed by atoms with E-state index in [0.29, 0.717) is 0 Å². The summed E-state index contributed by atoms with van der Waals surface area (Å²) in [7, 11) is -3.68. The van der Waals surface area contributed by atoms with E-state index < -0.39 is 10.0 Å². The van der Waals surface area contributed by atoms with Crippen molar-refractivity contribution in [2.45, 2.75) is 17.2 Å². The molecule has 1 aromatic heterocycles. The predicted octanol–water partition coefficient (Wildman–Crippen LogP) is 2.41. The maximum atomic E-state index is 12.1. The summed E-state index contributed by atoms with van der Waals surface area (Å²) in [5, 5.41) is 10.1. The van der Waals surface area contributed by atoms with Crippen LogP contribution in [0.2, 0.25) is 0 Å². The summed E-state index contributed by atoms with van der Waals surface area (Å²) in [5.41, 5.74) is 0.933. The van der Waals surface area contributed by atoms with Gasteiger partial charge >= 0.3 is 0 Å². The highest BCUT2D eigenvalue weighted by molar-refractivity contribution is 7.91. The first-order valence-corrected chi connectivity index (χ1v) is 9.64. The molecule has 0 atom stereocenters. The molecule has 0 spiro atoms. The summed E-state index contributed by atoms with van der Waals surface area (Å²) < 4.78 is 22.6. The van der Waals surface area contributed by atoms with E-state index in [1.54, 1.807) is 6.07 Å². The smallest absolute Gasteiger partial charge is 0.247 e. The second-order valence-corrected chi connectivity index (χ2v) is 8.36. The van der Waals surface area contributed by atoms with Gasteiger partial charge in [0.1, 0.15) is 4.21 Å². The molecule has 5 nitrogen and oxygen atoms in total. The number of primary sulfonamides is 1. The Kier molecular flexibility index (Phi) is 4.66. The van der Waals surface area contributed by atoms with E-state index in [2.05, 4.69) is 5.32 Å². The standard InChI is InChI=1S/C17H16N2O3S2/c18-24(21,22)17-8-7-15(23-17)11-19-16(20)10-12-5-6-13-3-1-2-4-14(13)9-12/h1-9H,10-11H2,(H,19,20)(H2,18,21,22). The molecule has 0 aliphatic carbocycles. The predicted molar refractivity (Wildman–Crippen MR) is 95.2 cm³/mol. The largest absolute Gasteiger partial charge is 0.351 e. The summed E-state index contributed by atoms with van der Waals surface area (Å²) in [6.45, 7) is 0.284. The van der Waals surface area contributed by atoms with E-state index in [-0.39, 0.29) is 23.1 Å². The number of carbonyl (C=O) groups excluding carboxylic acids is 1. The Morgan fingerprint density at radius 3 is 2.50 bits per heavy atom. The van der Waals surface area contributed by atoms with Crippen LogP contribution in [0.25, 0.3) is 10.8 Å². The third-order valence-corrected chi connectivity index (χ3v) is 6.08. The van der Waals surface area contributed by atoms with Crippen LogP contribution in [0.4, 0.5) is 0 Å². The summed E-state index contributed by atoms with van der Waals surface area (Å²) in [4.78, 5) is 12.8. The van der Waals surface area contributed by atoms with E-state index in [9.17, 15) is 13.2 Å². The highest BCUT2D eigenvalue weighted by Crippen LogP contribution is 2.20. The molecule has 0 bridgehead atoms. The van der Waals surface area contributed by atoms with Crippen molar-refractivity contribution in [3.8, 4) is 0 Å². The van der Waals surface area contributed by atoms with Gasteiger partial charge in [0, 0.05) is 4.88 Å². The normalized spacial score (nSPS) is 11.5. The monoisotopic (exact) mass is 360 g/mol. The molecule has 7 heteroatoms. The van der Waals surface area contributed by atoms with Crippen molar-refractivity contribution in [1.82, 2.24) is 5.32 Å². The van der Waals surface area contributed by atoms with Gasteiger partial charge in [0.2, 0.25) is 15.9 Å². The lowest BCUT2D eigenvalue weighted by molar-refractivity contribution is -0.120. The number of benzene rings is 2. The fourth-order valence-electron chi connectivity index (χ4n) is 2.39. The van der Waals surface area contributed by atoms with Crippen LogP contribution < -0.4 is 10.5 Å². The Balaban J connectivity index is 1.61. The highest BCUT2D eigenvalue weighted by atomic mass is 32.2. The van der Waals surface area contributed by atoms with Crippen LogP contribution in [0.1, 0.15) is 10.4 Å². The zero-order valence-corrected chi connectivity index (χ0v) is 14.4. The lowest BCUT2D eigenvalue weighted by Crippen LogP contribution is -2.24. The van der Waals surface area contributed by atoms with E-state index in [0.717, 1.165) is 32.5 Å². The van der Waals surface area contributed by atoms with Crippen molar-refractivity contribution in [2.75, 3.05) is 0 Å². The van der Waals surface area contributed by atoms with Crippen molar-refractivity contribution in [2.24, 2.45) is 5.14 Å². The number of fused-ring (bicyclic) bond motifs is 1. The quantitative estimate of drug-likeness (QED) is 0.732. The molecule has 0 saturated heterocycles. The fourth-order valence-corrected chi connectivity index (χ4v) is 4.11. The molecule has 1 amide bonds. The Morgan fingerprint density at radius 2 is 1.79 bits per heavy atom. The molecular formula is C17H16N2O3S2. The van der Waals surface area contributed by atoms with Crippen LogP contribution in [0.3, 0.4) is 0 Å². The molecule has 0 aliphatic heterocycles. The van der Waals surface area contributed by atoms with Crippen LogP contribution in [0.15, 0.2) is 58.8 Å².